The molecule has 0 aromatic heterocycles. The Bertz CT molecular complexity index is 203. The quantitative estimate of drug-likeness (QED) is 0.465. The summed E-state index contributed by atoms with van der Waals surface area (Å²) in [7, 11) is 0. The first kappa shape index (κ1) is 10.2. The predicted octanol–water partition coefficient (Wildman–Crippen LogP) is -0.266. The van der Waals surface area contributed by atoms with Crippen molar-refractivity contribution in [3.05, 3.63) is 0 Å². The first-order valence-corrected chi connectivity index (χ1v) is 4.85. The Kier molecular flexibility index (Phi) is 3.88. The molecule has 0 aromatic carbocycles. The fraction of sp³-hybridized carbons (Fsp3) is 0.714. The molecule has 74 valence electrons. The molecule has 0 aliphatic carbocycles. The third kappa shape index (κ3) is 3.14. The molecule has 1 aliphatic rings. The highest BCUT2D eigenvalue weighted by Gasteiger charge is 2.15. The molecule has 5 nitrogen and oxygen atoms in total. The molecule has 0 aromatic rings. The summed E-state index contributed by atoms with van der Waals surface area (Å²) in [5, 5.41) is 9.05. The van der Waals surface area contributed by atoms with Crippen LogP contribution in [-0.4, -0.2) is 30.5 Å². The predicted molar refractivity (Wildman–Crippen MR) is 58.1 cm³/mol. The summed E-state index contributed by atoms with van der Waals surface area (Å²) < 4.78 is 0. The van der Waals surface area contributed by atoms with Crippen molar-refractivity contribution in [1.82, 2.24) is 16.0 Å². The van der Waals surface area contributed by atoms with Crippen LogP contribution in [0.1, 0.15) is 13.8 Å². The molecule has 1 saturated heterocycles. The lowest BCUT2D eigenvalue weighted by molar-refractivity contribution is 0.706. The zero-order chi connectivity index (χ0) is 9.68. The van der Waals surface area contributed by atoms with Crippen molar-refractivity contribution >= 4 is 24.5 Å². The van der Waals surface area contributed by atoms with Gasteiger partial charge in [0.05, 0.1) is 0 Å². The number of hydrogen-bond acceptors (Lipinski definition) is 3. The number of nitrogens with one attached hydrogen (secondary N) is 3. The molecule has 1 heterocycles. The van der Waals surface area contributed by atoms with Crippen LogP contribution in [0, 0.1) is 0 Å². The highest BCUT2D eigenvalue weighted by Crippen LogP contribution is 1.90. The van der Waals surface area contributed by atoms with E-state index in [1.807, 2.05) is 13.8 Å². The van der Waals surface area contributed by atoms with Crippen molar-refractivity contribution in [1.29, 1.82) is 0 Å². The maximum atomic E-state index is 4.24. The summed E-state index contributed by atoms with van der Waals surface area (Å²) in [6, 6.07) is 0. The fourth-order valence-corrected chi connectivity index (χ4v) is 1.21. The molecular formula is C7H15N5S. The molecule has 0 amide bonds. The van der Waals surface area contributed by atoms with Gasteiger partial charge in [0.1, 0.15) is 5.50 Å². The molecule has 6 heteroatoms. The van der Waals surface area contributed by atoms with Crippen molar-refractivity contribution in [3.8, 4) is 0 Å². The summed E-state index contributed by atoms with van der Waals surface area (Å²) in [5.74, 6) is 1.43. The van der Waals surface area contributed by atoms with Crippen LogP contribution in [0.15, 0.2) is 9.98 Å². The molecular weight excluding hydrogens is 186 g/mol. The maximum Gasteiger partial charge on any atom is 0.200 e. The van der Waals surface area contributed by atoms with Crippen LogP contribution in [0.2, 0.25) is 0 Å². The number of guanidine groups is 2. The normalized spacial score (nSPS) is 28.1. The maximum absolute atomic E-state index is 4.24. The number of nitrogens with zero attached hydrogens (tertiary/aromatic N) is 2. The Balaban J connectivity index is 2.63. The van der Waals surface area contributed by atoms with E-state index in [1.54, 1.807) is 0 Å². The van der Waals surface area contributed by atoms with Gasteiger partial charge >= 0.3 is 0 Å². The van der Waals surface area contributed by atoms with Gasteiger partial charge in [0.2, 0.25) is 0 Å². The zero-order valence-corrected chi connectivity index (χ0v) is 8.73. The zero-order valence-electron chi connectivity index (χ0n) is 7.83. The molecule has 1 rings (SSSR count). The second-order valence-electron chi connectivity index (χ2n) is 2.46. The van der Waals surface area contributed by atoms with Gasteiger partial charge in [-0.15, -0.1) is 12.6 Å². The summed E-state index contributed by atoms with van der Waals surface area (Å²) in [6.07, 6.45) is 0. The van der Waals surface area contributed by atoms with Crippen LogP contribution in [0.25, 0.3) is 0 Å². The third-order valence-electron chi connectivity index (χ3n) is 1.42. The summed E-state index contributed by atoms with van der Waals surface area (Å²) in [4.78, 5) is 8.38. The topological polar surface area (TPSA) is 60.8 Å². The van der Waals surface area contributed by atoms with E-state index in [4.69, 9.17) is 0 Å². The van der Waals surface area contributed by atoms with E-state index in [0.29, 0.717) is 11.9 Å². The molecule has 0 atom stereocenters. The van der Waals surface area contributed by atoms with Crippen molar-refractivity contribution in [2.45, 2.75) is 19.3 Å². The minimum absolute atomic E-state index is 0.128. The smallest absolute Gasteiger partial charge is 0.200 e. The molecule has 13 heavy (non-hydrogen) atoms. The minimum atomic E-state index is -0.128. The Morgan fingerprint density at radius 2 is 1.62 bits per heavy atom. The lowest BCUT2D eigenvalue weighted by Gasteiger charge is -2.26. The van der Waals surface area contributed by atoms with E-state index in [-0.39, 0.29) is 5.50 Å². The minimum Gasteiger partial charge on any atom is -0.327 e. The van der Waals surface area contributed by atoms with Crippen LogP contribution in [0.4, 0.5) is 0 Å². The van der Waals surface area contributed by atoms with Gasteiger partial charge in [-0.05, 0) is 13.8 Å². The molecule has 1 fully saturated rings. The second-order valence-corrected chi connectivity index (χ2v) is 2.98. The van der Waals surface area contributed by atoms with Gasteiger partial charge in [-0.1, -0.05) is 0 Å². The summed E-state index contributed by atoms with van der Waals surface area (Å²) >= 11 is 4.24. The molecule has 0 spiro atoms. The van der Waals surface area contributed by atoms with Gasteiger partial charge in [-0.3, -0.25) is 15.3 Å². The van der Waals surface area contributed by atoms with Crippen LogP contribution in [0.5, 0.6) is 0 Å². The average molecular weight is 201 g/mol. The van der Waals surface area contributed by atoms with Crippen molar-refractivity contribution in [2.24, 2.45) is 9.98 Å². The van der Waals surface area contributed by atoms with E-state index in [1.165, 1.54) is 0 Å². The van der Waals surface area contributed by atoms with Gasteiger partial charge in [0, 0.05) is 13.1 Å². The Hall–Kier alpha value is -0.910. The van der Waals surface area contributed by atoms with Crippen molar-refractivity contribution in [3.63, 3.8) is 0 Å². The van der Waals surface area contributed by atoms with E-state index >= 15 is 0 Å². The lowest BCUT2D eigenvalue weighted by Crippen LogP contribution is -2.61. The second kappa shape index (κ2) is 4.96. The Morgan fingerprint density at radius 3 is 2.00 bits per heavy atom. The molecule has 0 bridgehead atoms. The SMILES string of the molecule is CCN=C1NC(=NCC)NC(S)N1. The van der Waals surface area contributed by atoms with E-state index in [2.05, 4.69) is 38.6 Å². The largest absolute Gasteiger partial charge is 0.327 e. The molecule has 0 radical (unpaired) electrons. The van der Waals surface area contributed by atoms with Crippen LogP contribution < -0.4 is 16.0 Å². The molecule has 3 N–H and O–H groups in total. The Morgan fingerprint density at radius 1 is 1.15 bits per heavy atom. The first-order valence-electron chi connectivity index (χ1n) is 4.33. The standard InChI is InChI=1S/C7H15N5S/c1-3-8-5-10-6(9-4-2)12-7(13)11-5/h7,13H,3-4H2,1-2H3,(H3,8,9,10,11,12). The van der Waals surface area contributed by atoms with Gasteiger partial charge < -0.3 is 10.6 Å². The molecule has 0 saturated carbocycles. The van der Waals surface area contributed by atoms with Gasteiger partial charge in [0.15, 0.2) is 11.9 Å². The number of rotatable bonds is 2. The highest BCUT2D eigenvalue weighted by atomic mass is 32.1. The van der Waals surface area contributed by atoms with Crippen LogP contribution in [0.3, 0.4) is 0 Å². The van der Waals surface area contributed by atoms with Crippen molar-refractivity contribution in [2.75, 3.05) is 13.1 Å². The van der Waals surface area contributed by atoms with Gasteiger partial charge in [-0.2, -0.15) is 0 Å². The number of aliphatic imine (C=N–C) groups is 2. The lowest BCUT2D eigenvalue weighted by atomic mass is 10.6. The molecule has 1 aliphatic heterocycles. The number of thiol groups is 1. The average Bonchev–Trinajstić information content (AvgIpc) is 2.04. The summed E-state index contributed by atoms with van der Waals surface area (Å²) in [5.41, 5.74) is -0.128. The van der Waals surface area contributed by atoms with E-state index in [0.717, 1.165) is 13.1 Å². The number of hydrogen-bond donors (Lipinski definition) is 4. The Labute approximate surface area is 83.5 Å². The first-order chi connectivity index (χ1) is 6.26. The molecule has 0 unspecified atom stereocenters. The third-order valence-corrected chi connectivity index (χ3v) is 1.67. The monoisotopic (exact) mass is 201 g/mol. The van der Waals surface area contributed by atoms with Crippen LogP contribution >= 0.6 is 12.6 Å². The summed E-state index contributed by atoms with van der Waals surface area (Å²) in [6.45, 7) is 5.41. The van der Waals surface area contributed by atoms with Crippen LogP contribution in [-0.2, 0) is 0 Å². The fourth-order valence-electron chi connectivity index (χ4n) is 0.966. The van der Waals surface area contributed by atoms with E-state index < -0.39 is 0 Å². The van der Waals surface area contributed by atoms with Gasteiger partial charge in [-0.25, -0.2) is 0 Å². The highest BCUT2D eigenvalue weighted by molar-refractivity contribution is 7.80. The van der Waals surface area contributed by atoms with Crippen molar-refractivity contribution < 1.29 is 0 Å². The van der Waals surface area contributed by atoms with E-state index in [9.17, 15) is 0 Å². The van der Waals surface area contributed by atoms with Gasteiger partial charge in [0.25, 0.3) is 0 Å².